The molecule has 0 bridgehead atoms. The van der Waals surface area contributed by atoms with Crippen molar-refractivity contribution >= 4 is 11.8 Å². The number of nitrogens with zero attached hydrogens (tertiary/aromatic N) is 1. The Bertz CT molecular complexity index is 323. The van der Waals surface area contributed by atoms with Crippen LogP contribution in [0.25, 0.3) is 0 Å². The van der Waals surface area contributed by atoms with E-state index in [1.54, 1.807) is 0 Å². The molecule has 1 saturated heterocycles. The van der Waals surface area contributed by atoms with E-state index in [2.05, 4.69) is 12.2 Å². The largest absolute Gasteiger partial charge is 0.305 e. The Morgan fingerprint density at radius 2 is 2.06 bits per heavy atom. The molecule has 2 aliphatic rings. The van der Waals surface area contributed by atoms with Crippen molar-refractivity contribution in [3.05, 3.63) is 0 Å². The summed E-state index contributed by atoms with van der Waals surface area (Å²) in [6, 6.07) is -0.267. The lowest BCUT2D eigenvalue weighted by atomic mass is 10.0. The van der Waals surface area contributed by atoms with Crippen LogP contribution in [0.15, 0.2) is 0 Å². The third-order valence-corrected chi connectivity index (χ3v) is 4.02. The topological polar surface area (TPSA) is 49.4 Å². The summed E-state index contributed by atoms with van der Waals surface area (Å²) < 4.78 is 0. The third kappa shape index (κ3) is 2.51. The van der Waals surface area contributed by atoms with Crippen LogP contribution in [0.2, 0.25) is 0 Å². The molecule has 1 N–H and O–H groups in total. The minimum atomic E-state index is -0.267. The van der Waals surface area contributed by atoms with E-state index in [4.69, 9.17) is 0 Å². The highest BCUT2D eigenvalue weighted by Crippen LogP contribution is 2.49. The van der Waals surface area contributed by atoms with Crippen LogP contribution in [-0.2, 0) is 9.59 Å². The predicted octanol–water partition coefficient (Wildman–Crippen LogP) is 1.30. The number of likely N-dealkylation sites (N-methyl/N-ethyl adjacent to an activating group) is 1. The highest BCUT2D eigenvalue weighted by molar-refractivity contribution is 6.05. The van der Waals surface area contributed by atoms with E-state index in [9.17, 15) is 9.59 Å². The summed E-state index contributed by atoms with van der Waals surface area (Å²) in [4.78, 5) is 24.8. The van der Waals surface area contributed by atoms with Crippen LogP contribution < -0.4 is 5.32 Å². The zero-order valence-corrected chi connectivity index (χ0v) is 10.8. The summed E-state index contributed by atoms with van der Waals surface area (Å²) in [5.41, 5.74) is 0.428. The number of likely N-dealkylation sites (tertiary alicyclic amines) is 1. The van der Waals surface area contributed by atoms with Gasteiger partial charge in [-0.15, -0.1) is 0 Å². The van der Waals surface area contributed by atoms with Crippen molar-refractivity contribution in [3.63, 3.8) is 0 Å². The lowest BCUT2D eigenvalue weighted by molar-refractivity contribution is -0.138. The Labute approximate surface area is 103 Å². The smallest absolute Gasteiger partial charge is 0.246 e. The molecule has 2 fully saturated rings. The van der Waals surface area contributed by atoms with Crippen molar-refractivity contribution in [1.82, 2.24) is 10.2 Å². The number of amides is 2. The van der Waals surface area contributed by atoms with Crippen LogP contribution in [0, 0.1) is 5.41 Å². The predicted molar refractivity (Wildman–Crippen MR) is 65.4 cm³/mol. The number of hydrogen-bond donors (Lipinski definition) is 1. The van der Waals surface area contributed by atoms with Gasteiger partial charge in [0.05, 0.1) is 12.5 Å². The van der Waals surface area contributed by atoms with Crippen LogP contribution in [0.1, 0.15) is 46.0 Å². The molecule has 4 nitrogen and oxygen atoms in total. The van der Waals surface area contributed by atoms with E-state index in [-0.39, 0.29) is 17.9 Å². The standard InChI is InChI=1S/C13H22N2O2/c1-3-5-13(6-7-13)9-14-10-8-11(16)15(4-2)12(10)17/h10,14H,3-9H2,1-2H3. The summed E-state index contributed by atoms with van der Waals surface area (Å²) in [5.74, 6) is -0.0693. The van der Waals surface area contributed by atoms with E-state index in [0.29, 0.717) is 18.4 Å². The Hall–Kier alpha value is -0.900. The number of nitrogens with one attached hydrogen (secondary N) is 1. The van der Waals surface area contributed by atoms with Gasteiger partial charge < -0.3 is 5.32 Å². The second-order valence-electron chi connectivity index (χ2n) is 5.36. The number of rotatable bonds is 6. The number of carbonyl (C=O) groups is 2. The fraction of sp³-hybridized carbons (Fsp3) is 0.846. The van der Waals surface area contributed by atoms with Crippen molar-refractivity contribution in [2.24, 2.45) is 5.41 Å². The molecule has 96 valence electrons. The molecule has 0 aromatic rings. The summed E-state index contributed by atoms with van der Waals surface area (Å²) in [7, 11) is 0. The molecule has 2 rings (SSSR count). The molecule has 0 radical (unpaired) electrons. The maximum Gasteiger partial charge on any atom is 0.246 e. The molecule has 1 atom stereocenters. The summed E-state index contributed by atoms with van der Waals surface area (Å²) >= 11 is 0. The number of imide groups is 1. The van der Waals surface area contributed by atoms with Gasteiger partial charge in [-0.25, -0.2) is 0 Å². The van der Waals surface area contributed by atoms with Gasteiger partial charge >= 0.3 is 0 Å². The lowest BCUT2D eigenvalue weighted by Crippen LogP contribution is -2.41. The summed E-state index contributed by atoms with van der Waals surface area (Å²) in [5, 5.41) is 3.30. The Kier molecular flexibility index (Phi) is 3.52. The number of carbonyl (C=O) groups excluding carboxylic acids is 2. The molecule has 1 heterocycles. The maximum atomic E-state index is 11.9. The van der Waals surface area contributed by atoms with Crippen molar-refractivity contribution in [2.75, 3.05) is 13.1 Å². The maximum absolute atomic E-state index is 11.9. The molecule has 4 heteroatoms. The molecular formula is C13H22N2O2. The van der Waals surface area contributed by atoms with Crippen molar-refractivity contribution in [3.8, 4) is 0 Å². The Balaban J connectivity index is 1.84. The molecule has 17 heavy (non-hydrogen) atoms. The van der Waals surface area contributed by atoms with Gasteiger partial charge in [0.1, 0.15) is 0 Å². The fourth-order valence-corrected chi connectivity index (χ4v) is 2.74. The molecule has 1 unspecified atom stereocenters. The zero-order chi connectivity index (χ0) is 12.5. The normalized spacial score (nSPS) is 26.7. The average molecular weight is 238 g/mol. The van der Waals surface area contributed by atoms with E-state index in [1.165, 1.54) is 30.6 Å². The SMILES string of the molecule is CCCC1(CNC2CC(=O)N(CC)C2=O)CC1. The van der Waals surface area contributed by atoms with Crippen LogP contribution in [0.3, 0.4) is 0 Å². The van der Waals surface area contributed by atoms with E-state index in [0.717, 1.165) is 6.54 Å². The second kappa shape index (κ2) is 4.77. The monoisotopic (exact) mass is 238 g/mol. The Morgan fingerprint density at radius 3 is 2.53 bits per heavy atom. The Morgan fingerprint density at radius 1 is 1.35 bits per heavy atom. The fourth-order valence-electron chi connectivity index (χ4n) is 2.74. The van der Waals surface area contributed by atoms with Gasteiger partial charge in [0, 0.05) is 13.1 Å². The first-order chi connectivity index (χ1) is 8.12. The minimum Gasteiger partial charge on any atom is -0.305 e. The molecule has 1 aliphatic heterocycles. The van der Waals surface area contributed by atoms with Gasteiger partial charge in [-0.2, -0.15) is 0 Å². The van der Waals surface area contributed by atoms with Gasteiger partial charge in [0.2, 0.25) is 11.8 Å². The highest BCUT2D eigenvalue weighted by Gasteiger charge is 2.44. The van der Waals surface area contributed by atoms with Crippen LogP contribution >= 0.6 is 0 Å². The van der Waals surface area contributed by atoms with Crippen molar-refractivity contribution in [2.45, 2.75) is 52.0 Å². The molecule has 2 amide bonds. The zero-order valence-electron chi connectivity index (χ0n) is 10.8. The minimum absolute atomic E-state index is 0.0321. The van der Waals surface area contributed by atoms with Gasteiger partial charge in [0.15, 0.2) is 0 Å². The van der Waals surface area contributed by atoms with Gasteiger partial charge in [-0.1, -0.05) is 13.3 Å². The summed E-state index contributed by atoms with van der Waals surface area (Å²) in [6.45, 7) is 5.43. The molecule has 1 saturated carbocycles. The summed E-state index contributed by atoms with van der Waals surface area (Å²) in [6.07, 6.45) is 5.29. The van der Waals surface area contributed by atoms with Crippen LogP contribution in [-0.4, -0.2) is 35.8 Å². The molecular weight excluding hydrogens is 216 g/mol. The van der Waals surface area contributed by atoms with Gasteiger partial charge in [-0.05, 0) is 31.6 Å². The third-order valence-electron chi connectivity index (χ3n) is 4.02. The number of hydrogen-bond acceptors (Lipinski definition) is 3. The van der Waals surface area contributed by atoms with Crippen LogP contribution in [0.4, 0.5) is 0 Å². The highest BCUT2D eigenvalue weighted by atomic mass is 16.2. The lowest BCUT2D eigenvalue weighted by Gasteiger charge is -2.18. The first-order valence-electron chi connectivity index (χ1n) is 6.69. The quantitative estimate of drug-likeness (QED) is 0.710. The first-order valence-corrected chi connectivity index (χ1v) is 6.69. The van der Waals surface area contributed by atoms with E-state index in [1.807, 2.05) is 6.92 Å². The van der Waals surface area contributed by atoms with Gasteiger partial charge in [0.25, 0.3) is 0 Å². The van der Waals surface area contributed by atoms with E-state index >= 15 is 0 Å². The second-order valence-corrected chi connectivity index (χ2v) is 5.36. The van der Waals surface area contributed by atoms with Crippen molar-refractivity contribution < 1.29 is 9.59 Å². The molecule has 1 aliphatic carbocycles. The molecule has 0 spiro atoms. The van der Waals surface area contributed by atoms with Gasteiger partial charge in [-0.3, -0.25) is 14.5 Å². The van der Waals surface area contributed by atoms with E-state index < -0.39 is 0 Å². The molecule has 0 aromatic heterocycles. The van der Waals surface area contributed by atoms with Crippen LogP contribution in [0.5, 0.6) is 0 Å². The van der Waals surface area contributed by atoms with Crippen molar-refractivity contribution in [1.29, 1.82) is 0 Å². The first kappa shape index (κ1) is 12.6. The molecule has 0 aromatic carbocycles. The average Bonchev–Trinajstić information content (AvgIpc) is 3.00.